The van der Waals surface area contributed by atoms with Crippen LogP contribution in [0.2, 0.25) is 0 Å². The zero-order valence-corrected chi connectivity index (χ0v) is 17.0. The van der Waals surface area contributed by atoms with E-state index in [9.17, 15) is 8.78 Å². The molecule has 160 valence electrons. The van der Waals surface area contributed by atoms with Gasteiger partial charge in [0.1, 0.15) is 0 Å². The molecule has 2 saturated heterocycles. The summed E-state index contributed by atoms with van der Waals surface area (Å²) in [6.45, 7) is 4.25. The molecule has 0 bridgehead atoms. The molecule has 2 aromatic carbocycles. The van der Waals surface area contributed by atoms with E-state index < -0.39 is 6.43 Å². The number of nitrogens with zero attached hydrogens (tertiary/aromatic N) is 1. The SMILES string of the molecule is FC(F)c1ccc2c(c1)C1OC(CN3CCOCC3)CCC1[C@H](c1ccccc1)N2. The summed E-state index contributed by atoms with van der Waals surface area (Å²) in [5, 5.41) is 3.62. The highest BCUT2D eigenvalue weighted by molar-refractivity contribution is 5.58. The molecule has 3 heterocycles. The van der Waals surface area contributed by atoms with E-state index in [1.165, 1.54) is 11.6 Å². The lowest BCUT2D eigenvalue weighted by Gasteiger charge is -2.46. The summed E-state index contributed by atoms with van der Waals surface area (Å²) < 4.78 is 38.9. The van der Waals surface area contributed by atoms with E-state index >= 15 is 0 Å². The van der Waals surface area contributed by atoms with Crippen LogP contribution in [0.3, 0.4) is 0 Å². The largest absolute Gasteiger partial charge is 0.379 e. The summed E-state index contributed by atoms with van der Waals surface area (Å²) in [7, 11) is 0. The molecule has 1 N–H and O–H groups in total. The molecule has 0 aromatic heterocycles. The van der Waals surface area contributed by atoms with Gasteiger partial charge in [-0.1, -0.05) is 36.4 Å². The Morgan fingerprint density at radius 1 is 1.03 bits per heavy atom. The number of anilines is 1. The molecule has 2 fully saturated rings. The van der Waals surface area contributed by atoms with E-state index in [2.05, 4.69) is 22.3 Å². The predicted octanol–water partition coefficient (Wildman–Crippen LogP) is 4.96. The lowest BCUT2D eigenvalue weighted by molar-refractivity contribution is -0.108. The minimum atomic E-state index is -2.48. The fourth-order valence-corrected chi connectivity index (χ4v) is 5.11. The first-order valence-electron chi connectivity index (χ1n) is 10.9. The second-order valence-corrected chi connectivity index (χ2v) is 8.51. The highest BCUT2D eigenvalue weighted by Crippen LogP contribution is 2.50. The minimum absolute atomic E-state index is 0.0614. The summed E-state index contributed by atoms with van der Waals surface area (Å²) in [6.07, 6.45) is -0.557. The maximum Gasteiger partial charge on any atom is 0.263 e. The van der Waals surface area contributed by atoms with Crippen molar-refractivity contribution < 1.29 is 18.3 Å². The first kappa shape index (κ1) is 19.9. The average molecular weight is 414 g/mol. The molecular formula is C24H28F2N2O2. The Balaban J connectivity index is 1.44. The van der Waals surface area contributed by atoms with Crippen molar-refractivity contribution in [2.45, 2.75) is 37.5 Å². The van der Waals surface area contributed by atoms with Crippen LogP contribution >= 0.6 is 0 Å². The monoisotopic (exact) mass is 414 g/mol. The van der Waals surface area contributed by atoms with Crippen molar-refractivity contribution in [2.24, 2.45) is 5.92 Å². The van der Waals surface area contributed by atoms with Gasteiger partial charge in [-0.05, 0) is 30.5 Å². The zero-order valence-electron chi connectivity index (χ0n) is 17.0. The standard InChI is InChI=1S/C24H28F2N2O2/c25-24(26)17-6-9-21-20(14-17)23-19(22(27-21)16-4-2-1-3-5-16)8-7-18(30-23)15-28-10-12-29-13-11-28/h1-6,9,14,18-19,22-24,27H,7-8,10-13,15H2/t18?,19?,22-,23?/m0/s1. The fourth-order valence-electron chi connectivity index (χ4n) is 5.11. The van der Waals surface area contributed by atoms with Crippen molar-refractivity contribution >= 4 is 5.69 Å². The molecule has 3 aliphatic rings. The number of hydrogen-bond donors (Lipinski definition) is 1. The van der Waals surface area contributed by atoms with E-state index in [0.29, 0.717) is 0 Å². The number of nitrogens with one attached hydrogen (secondary N) is 1. The van der Waals surface area contributed by atoms with Gasteiger partial charge in [-0.25, -0.2) is 8.78 Å². The summed E-state index contributed by atoms with van der Waals surface area (Å²) in [5.41, 5.74) is 3.05. The molecule has 0 aliphatic carbocycles. The molecule has 0 radical (unpaired) electrons. The third-order valence-electron chi connectivity index (χ3n) is 6.65. The molecule has 3 unspecified atom stereocenters. The second-order valence-electron chi connectivity index (χ2n) is 8.51. The van der Waals surface area contributed by atoms with Gasteiger partial charge in [-0.15, -0.1) is 0 Å². The van der Waals surface area contributed by atoms with E-state index in [0.717, 1.165) is 56.9 Å². The normalized spacial score (nSPS) is 29.2. The van der Waals surface area contributed by atoms with Gasteiger partial charge in [0.15, 0.2) is 0 Å². The quantitative estimate of drug-likeness (QED) is 0.767. The maximum absolute atomic E-state index is 13.4. The number of hydrogen-bond acceptors (Lipinski definition) is 4. The van der Waals surface area contributed by atoms with Gasteiger partial charge < -0.3 is 14.8 Å². The van der Waals surface area contributed by atoms with E-state index in [-0.39, 0.29) is 29.7 Å². The highest BCUT2D eigenvalue weighted by atomic mass is 19.3. The van der Waals surface area contributed by atoms with Crippen molar-refractivity contribution in [1.29, 1.82) is 0 Å². The molecule has 2 aromatic rings. The van der Waals surface area contributed by atoms with Crippen LogP contribution in [0, 0.1) is 5.92 Å². The summed E-state index contributed by atoms with van der Waals surface area (Å²) in [6, 6.07) is 15.4. The first-order valence-corrected chi connectivity index (χ1v) is 10.9. The molecule has 6 heteroatoms. The predicted molar refractivity (Wildman–Crippen MR) is 112 cm³/mol. The van der Waals surface area contributed by atoms with Crippen LogP contribution in [0.15, 0.2) is 48.5 Å². The van der Waals surface area contributed by atoms with Crippen LogP contribution in [0.4, 0.5) is 14.5 Å². The Morgan fingerprint density at radius 2 is 1.83 bits per heavy atom. The van der Waals surface area contributed by atoms with Gasteiger partial charge in [0, 0.05) is 42.4 Å². The third-order valence-corrected chi connectivity index (χ3v) is 6.65. The molecule has 4 nitrogen and oxygen atoms in total. The number of alkyl halides is 2. The number of benzene rings is 2. The van der Waals surface area contributed by atoms with Gasteiger partial charge in [-0.3, -0.25) is 4.90 Å². The Kier molecular flexibility index (Phi) is 5.72. The van der Waals surface area contributed by atoms with Crippen LogP contribution < -0.4 is 5.32 Å². The van der Waals surface area contributed by atoms with Gasteiger partial charge >= 0.3 is 0 Å². The molecule has 4 atom stereocenters. The Bertz CT molecular complexity index is 858. The molecule has 0 saturated carbocycles. The summed E-state index contributed by atoms with van der Waals surface area (Å²) in [4.78, 5) is 2.39. The number of morpholine rings is 1. The maximum atomic E-state index is 13.4. The van der Waals surface area contributed by atoms with Crippen LogP contribution in [0.1, 0.15) is 48.1 Å². The van der Waals surface area contributed by atoms with Gasteiger partial charge in [0.05, 0.1) is 31.5 Å². The van der Waals surface area contributed by atoms with Crippen LogP contribution in [0.5, 0.6) is 0 Å². The Morgan fingerprint density at radius 3 is 2.60 bits per heavy atom. The average Bonchev–Trinajstić information content (AvgIpc) is 2.79. The zero-order chi connectivity index (χ0) is 20.5. The van der Waals surface area contributed by atoms with Crippen molar-refractivity contribution in [2.75, 3.05) is 38.2 Å². The van der Waals surface area contributed by atoms with Gasteiger partial charge in [0.2, 0.25) is 0 Å². The van der Waals surface area contributed by atoms with E-state index in [1.807, 2.05) is 18.2 Å². The molecule has 0 spiro atoms. The highest BCUT2D eigenvalue weighted by Gasteiger charge is 2.42. The summed E-state index contributed by atoms with van der Waals surface area (Å²) >= 11 is 0. The lowest BCUT2D eigenvalue weighted by atomic mass is 9.76. The molecule has 5 rings (SSSR count). The minimum Gasteiger partial charge on any atom is -0.379 e. The number of rotatable bonds is 4. The van der Waals surface area contributed by atoms with Crippen LogP contribution in [-0.4, -0.2) is 43.9 Å². The van der Waals surface area contributed by atoms with Crippen molar-refractivity contribution in [1.82, 2.24) is 4.90 Å². The second kappa shape index (κ2) is 8.61. The first-order chi connectivity index (χ1) is 14.7. The lowest BCUT2D eigenvalue weighted by Crippen LogP contribution is -2.45. The Labute approximate surface area is 176 Å². The van der Waals surface area contributed by atoms with E-state index in [1.54, 1.807) is 12.1 Å². The number of halogens is 2. The molecular weight excluding hydrogens is 386 g/mol. The molecule has 3 aliphatic heterocycles. The Hall–Kier alpha value is -2.02. The van der Waals surface area contributed by atoms with Crippen LogP contribution in [0.25, 0.3) is 0 Å². The van der Waals surface area contributed by atoms with Crippen molar-refractivity contribution in [3.8, 4) is 0 Å². The number of fused-ring (bicyclic) bond motifs is 3. The molecule has 0 amide bonds. The van der Waals surface area contributed by atoms with Crippen molar-refractivity contribution in [3.05, 3.63) is 65.2 Å². The number of ether oxygens (including phenoxy) is 2. The van der Waals surface area contributed by atoms with Crippen LogP contribution in [-0.2, 0) is 9.47 Å². The van der Waals surface area contributed by atoms with Crippen molar-refractivity contribution in [3.63, 3.8) is 0 Å². The van der Waals surface area contributed by atoms with E-state index in [4.69, 9.17) is 9.47 Å². The summed E-state index contributed by atoms with van der Waals surface area (Å²) in [5.74, 6) is 0.216. The smallest absolute Gasteiger partial charge is 0.263 e. The fraction of sp³-hybridized carbons (Fsp3) is 0.500. The molecule has 30 heavy (non-hydrogen) atoms. The van der Waals surface area contributed by atoms with Gasteiger partial charge in [0.25, 0.3) is 6.43 Å². The topological polar surface area (TPSA) is 33.7 Å². The third kappa shape index (κ3) is 3.96. The van der Waals surface area contributed by atoms with Gasteiger partial charge in [-0.2, -0.15) is 0 Å².